The van der Waals surface area contributed by atoms with Crippen LogP contribution in [-0.4, -0.2) is 34.9 Å². The number of unbranched alkanes of at least 4 members (excludes halogenated alkanes) is 23. The summed E-state index contributed by atoms with van der Waals surface area (Å²) in [5.74, 6) is -0.0372. The van der Waals surface area contributed by atoms with Gasteiger partial charge in [0.25, 0.3) is 0 Å². The van der Waals surface area contributed by atoms with Crippen molar-refractivity contribution in [2.24, 2.45) is 0 Å². The van der Waals surface area contributed by atoms with E-state index in [1.54, 1.807) is 0 Å². The summed E-state index contributed by atoms with van der Waals surface area (Å²) in [5, 5.41) is 23.1. The summed E-state index contributed by atoms with van der Waals surface area (Å²) in [4.78, 5) is 12.4. The van der Waals surface area contributed by atoms with Crippen molar-refractivity contribution in [2.75, 3.05) is 6.61 Å². The van der Waals surface area contributed by atoms with Crippen molar-refractivity contribution in [3.8, 4) is 0 Å². The molecule has 0 fully saturated rings. The molecule has 2 atom stereocenters. The second-order valence-corrected chi connectivity index (χ2v) is 15.1. The number of allylic oxidation sites excluding steroid dienone is 10. The Bertz CT molecular complexity index is 873. The van der Waals surface area contributed by atoms with Crippen molar-refractivity contribution in [2.45, 2.75) is 231 Å². The molecule has 0 rings (SSSR count). The number of hydrogen-bond acceptors (Lipinski definition) is 3. The first kappa shape index (κ1) is 50.1. The highest BCUT2D eigenvalue weighted by atomic mass is 16.3. The van der Waals surface area contributed by atoms with Gasteiger partial charge in [0.2, 0.25) is 5.91 Å². The van der Waals surface area contributed by atoms with Gasteiger partial charge in [-0.15, -0.1) is 0 Å². The molecule has 0 aliphatic carbocycles. The predicted octanol–water partition coefficient (Wildman–Crippen LogP) is 14.1. The van der Waals surface area contributed by atoms with Crippen LogP contribution in [0.5, 0.6) is 0 Å². The van der Waals surface area contributed by atoms with Crippen LogP contribution in [0.4, 0.5) is 0 Å². The van der Waals surface area contributed by atoms with Crippen molar-refractivity contribution in [1.82, 2.24) is 5.32 Å². The minimum absolute atomic E-state index is 0.0372. The molecule has 0 bridgehead atoms. The Hall–Kier alpha value is -1.91. The number of rotatable bonds is 40. The molecule has 4 nitrogen and oxygen atoms in total. The van der Waals surface area contributed by atoms with E-state index >= 15 is 0 Å². The summed E-state index contributed by atoms with van der Waals surface area (Å²) in [6.07, 6.45) is 60.1. The second-order valence-electron chi connectivity index (χ2n) is 15.1. The largest absolute Gasteiger partial charge is 0.394 e. The highest BCUT2D eigenvalue weighted by Gasteiger charge is 2.20. The topological polar surface area (TPSA) is 69.6 Å². The maximum atomic E-state index is 12.4. The number of aliphatic hydroxyl groups is 2. The van der Waals surface area contributed by atoms with Gasteiger partial charge in [0, 0.05) is 6.42 Å². The van der Waals surface area contributed by atoms with Gasteiger partial charge in [0.05, 0.1) is 18.8 Å². The molecular formula is C48H87NO3. The van der Waals surface area contributed by atoms with E-state index in [1.165, 1.54) is 135 Å². The molecule has 52 heavy (non-hydrogen) atoms. The van der Waals surface area contributed by atoms with Gasteiger partial charge in [-0.25, -0.2) is 0 Å². The number of aliphatic hydroxyl groups excluding tert-OH is 2. The molecule has 0 aromatic rings. The van der Waals surface area contributed by atoms with Gasteiger partial charge in [0.1, 0.15) is 0 Å². The third-order valence-electron chi connectivity index (χ3n) is 10.0. The van der Waals surface area contributed by atoms with Crippen LogP contribution in [0.3, 0.4) is 0 Å². The number of carbonyl (C=O) groups is 1. The molecule has 0 saturated carbocycles. The lowest BCUT2D eigenvalue weighted by atomic mass is 10.0. The van der Waals surface area contributed by atoms with Gasteiger partial charge in [-0.2, -0.15) is 0 Å². The Morgan fingerprint density at radius 3 is 1.27 bits per heavy atom. The molecule has 1 amide bonds. The van der Waals surface area contributed by atoms with Crippen molar-refractivity contribution in [3.63, 3.8) is 0 Å². The maximum absolute atomic E-state index is 12.4. The van der Waals surface area contributed by atoms with E-state index in [1.807, 2.05) is 0 Å². The fourth-order valence-electron chi connectivity index (χ4n) is 6.62. The lowest BCUT2D eigenvalue weighted by molar-refractivity contribution is -0.123. The van der Waals surface area contributed by atoms with Crippen LogP contribution in [0.1, 0.15) is 219 Å². The smallest absolute Gasteiger partial charge is 0.220 e. The number of carbonyl (C=O) groups excluding carboxylic acids is 1. The third-order valence-corrected chi connectivity index (χ3v) is 10.0. The first-order chi connectivity index (χ1) is 25.7. The highest BCUT2D eigenvalue weighted by Crippen LogP contribution is 2.15. The van der Waals surface area contributed by atoms with Crippen molar-refractivity contribution in [1.29, 1.82) is 0 Å². The van der Waals surface area contributed by atoms with Crippen molar-refractivity contribution >= 4 is 5.91 Å². The van der Waals surface area contributed by atoms with Crippen LogP contribution in [-0.2, 0) is 4.79 Å². The summed E-state index contributed by atoms with van der Waals surface area (Å²) in [6, 6.07) is -0.539. The van der Waals surface area contributed by atoms with Crippen molar-refractivity contribution in [3.05, 3.63) is 60.8 Å². The highest BCUT2D eigenvalue weighted by molar-refractivity contribution is 5.76. The molecule has 0 aromatic carbocycles. The molecule has 0 heterocycles. The zero-order chi connectivity index (χ0) is 37.8. The Morgan fingerprint density at radius 2 is 0.846 bits per heavy atom. The van der Waals surface area contributed by atoms with E-state index in [-0.39, 0.29) is 12.5 Å². The van der Waals surface area contributed by atoms with Gasteiger partial charge in [-0.3, -0.25) is 4.79 Å². The summed E-state index contributed by atoms with van der Waals surface area (Å²) in [5.41, 5.74) is 0. The lowest BCUT2D eigenvalue weighted by Gasteiger charge is -2.22. The first-order valence-corrected chi connectivity index (χ1v) is 22.5. The van der Waals surface area contributed by atoms with Crippen LogP contribution >= 0.6 is 0 Å². The quantitative estimate of drug-likeness (QED) is 0.0435. The van der Waals surface area contributed by atoms with E-state index in [9.17, 15) is 15.0 Å². The Balaban J connectivity index is 3.53. The summed E-state index contributed by atoms with van der Waals surface area (Å²) in [7, 11) is 0. The molecule has 3 N–H and O–H groups in total. The van der Waals surface area contributed by atoms with E-state index in [0.717, 1.165) is 57.8 Å². The third kappa shape index (κ3) is 39.3. The number of hydrogen-bond donors (Lipinski definition) is 3. The standard InChI is InChI=1S/C48H87NO3/c1-3-5-7-9-11-13-15-17-18-19-20-21-22-23-24-25-26-27-28-29-30-32-34-36-38-40-42-44-48(52)49-46(45-50)47(51)43-41-39-37-35-33-31-16-14-12-10-8-6-4-2/h5,7,11,13,17-18,20-21,23-24,46-47,50-51H,3-4,6,8-10,12,14-16,19,22,25-45H2,1-2H3,(H,49,52)/b7-5-,13-11-,18-17-,21-20-,24-23-. The van der Waals surface area contributed by atoms with Gasteiger partial charge < -0.3 is 15.5 Å². The second kappa shape index (κ2) is 43.5. The minimum atomic E-state index is -0.662. The van der Waals surface area contributed by atoms with E-state index in [2.05, 4.69) is 79.9 Å². The van der Waals surface area contributed by atoms with E-state index in [0.29, 0.717) is 12.8 Å². The van der Waals surface area contributed by atoms with Crippen LogP contribution in [0, 0.1) is 0 Å². The molecule has 0 saturated heterocycles. The molecule has 302 valence electrons. The van der Waals surface area contributed by atoms with E-state index in [4.69, 9.17) is 0 Å². The van der Waals surface area contributed by atoms with Crippen LogP contribution < -0.4 is 5.32 Å². The van der Waals surface area contributed by atoms with Crippen LogP contribution in [0.2, 0.25) is 0 Å². The minimum Gasteiger partial charge on any atom is -0.394 e. The summed E-state index contributed by atoms with van der Waals surface area (Å²) in [6.45, 7) is 4.24. The molecule has 0 radical (unpaired) electrons. The fraction of sp³-hybridized carbons (Fsp3) is 0.771. The Kier molecular flexibility index (Phi) is 41.9. The molecule has 4 heteroatoms. The Labute approximate surface area is 324 Å². The van der Waals surface area contributed by atoms with Gasteiger partial charge in [-0.1, -0.05) is 216 Å². The van der Waals surface area contributed by atoms with E-state index < -0.39 is 12.1 Å². The fourth-order valence-corrected chi connectivity index (χ4v) is 6.62. The zero-order valence-electron chi connectivity index (χ0n) is 34.6. The lowest BCUT2D eigenvalue weighted by Crippen LogP contribution is -2.45. The molecule has 2 unspecified atom stereocenters. The first-order valence-electron chi connectivity index (χ1n) is 22.5. The van der Waals surface area contributed by atoms with Gasteiger partial charge in [-0.05, 0) is 57.8 Å². The predicted molar refractivity (Wildman–Crippen MR) is 230 cm³/mol. The molecular weight excluding hydrogens is 639 g/mol. The molecule has 0 aromatic heterocycles. The number of nitrogens with one attached hydrogen (secondary N) is 1. The molecule has 0 aliphatic rings. The van der Waals surface area contributed by atoms with Crippen LogP contribution in [0.15, 0.2) is 60.8 Å². The van der Waals surface area contributed by atoms with Gasteiger partial charge in [0.15, 0.2) is 0 Å². The molecule has 0 spiro atoms. The SMILES string of the molecule is CC/C=C\C/C=C\C/C=C\C/C=C\C/C=C\CCCCCCCCCCCCCC(=O)NC(CO)C(O)CCCCCCCCCCCCCCC. The zero-order valence-corrected chi connectivity index (χ0v) is 34.6. The molecule has 0 aliphatic heterocycles. The average molecular weight is 726 g/mol. The number of amides is 1. The van der Waals surface area contributed by atoms with Crippen molar-refractivity contribution < 1.29 is 15.0 Å². The van der Waals surface area contributed by atoms with Crippen LogP contribution in [0.25, 0.3) is 0 Å². The maximum Gasteiger partial charge on any atom is 0.220 e. The summed E-state index contributed by atoms with van der Waals surface area (Å²) >= 11 is 0. The summed E-state index contributed by atoms with van der Waals surface area (Å²) < 4.78 is 0. The Morgan fingerprint density at radius 1 is 0.481 bits per heavy atom. The average Bonchev–Trinajstić information content (AvgIpc) is 3.15. The monoisotopic (exact) mass is 726 g/mol. The normalized spacial score (nSPS) is 13.5. The van der Waals surface area contributed by atoms with Gasteiger partial charge >= 0.3 is 0 Å².